The minimum Gasteiger partial charge on any atom is -0.339 e. The molecule has 1 heterocycles. The van der Waals surface area contributed by atoms with Crippen molar-refractivity contribution in [2.45, 2.75) is 64.3 Å². The van der Waals surface area contributed by atoms with Crippen molar-refractivity contribution in [3.63, 3.8) is 0 Å². The first-order valence-electron chi connectivity index (χ1n) is 9.29. The summed E-state index contributed by atoms with van der Waals surface area (Å²) in [5, 5.41) is 0. The van der Waals surface area contributed by atoms with E-state index in [1.54, 1.807) is 0 Å². The van der Waals surface area contributed by atoms with E-state index in [4.69, 9.17) is 5.73 Å². The molecule has 1 fully saturated rings. The largest absolute Gasteiger partial charge is 0.339 e. The van der Waals surface area contributed by atoms with Crippen LogP contribution in [0.3, 0.4) is 0 Å². The van der Waals surface area contributed by atoms with Gasteiger partial charge in [-0.3, -0.25) is 4.79 Å². The molecule has 1 aliphatic heterocycles. The van der Waals surface area contributed by atoms with Gasteiger partial charge in [0.05, 0.1) is 6.42 Å². The number of halogens is 1. The number of carbonyl (C=O) groups is 1. The lowest BCUT2D eigenvalue weighted by Crippen LogP contribution is -2.49. The van der Waals surface area contributed by atoms with E-state index >= 15 is 0 Å². The minimum atomic E-state index is 0. The van der Waals surface area contributed by atoms with E-state index in [2.05, 4.69) is 30.0 Å². The van der Waals surface area contributed by atoms with Gasteiger partial charge in [0.25, 0.3) is 0 Å². The Morgan fingerprint density at radius 2 is 1.96 bits per heavy atom. The van der Waals surface area contributed by atoms with Gasteiger partial charge in [0.1, 0.15) is 0 Å². The molecule has 1 aliphatic carbocycles. The molecule has 0 aromatic heterocycles. The van der Waals surface area contributed by atoms with Crippen molar-refractivity contribution in [3.05, 3.63) is 34.9 Å². The molecule has 0 saturated carbocycles. The number of rotatable bonds is 4. The van der Waals surface area contributed by atoms with Crippen molar-refractivity contribution >= 4 is 18.3 Å². The summed E-state index contributed by atoms with van der Waals surface area (Å²) < 4.78 is 0. The van der Waals surface area contributed by atoms with Gasteiger partial charge in [0, 0.05) is 12.6 Å². The number of aryl methyl sites for hydroxylation is 2. The third kappa shape index (κ3) is 4.31. The number of carbonyl (C=O) groups excluding carboxylic acids is 1. The molecule has 3 nitrogen and oxygen atoms in total. The first-order chi connectivity index (χ1) is 11.2. The summed E-state index contributed by atoms with van der Waals surface area (Å²) in [6.07, 6.45) is 8.77. The molecule has 1 amide bonds. The molecule has 4 heteroatoms. The van der Waals surface area contributed by atoms with E-state index < -0.39 is 0 Å². The van der Waals surface area contributed by atoms with E-state index in [1.165, 1.54) is 48.8 Å². The van der Waals surface area contributed by atoms with Crippen LogP contribution < -0.4 is 5.73 Å². The van der Waals surface area contributed by atoms with Gasteiger partial charge < -0.3 is 10.6 Å². The topological polar surface area (TPSA) is 46.3 Å². The Morgan fingerprint density at radius 1 is 1.21 bits per heavy atom. The van der Waals surface area contributed by atoms with Gasteiger partial charge in [-0.25, -0.2) is 0 Å². The summed E-state index contributed by atoms with van der Waals surface area (Å²) in [4.78, 5) is 15.0. The molecule has 134 valence electrons. The van der Waals surface area contributed by atoms with Crippen LogP contribution in [0, 0.1) is 5.92 Å². The fraction of sp³-hybridized carbons (Fsp3) is 0.650. The van der Waals surface area contributed by atoms with Crippen LogP contribution in [0.25, 0.3) is 0 Å². The van der Waals surface area contributed by atoms with Gasteiger partial charge in [-0.05, 0) is 74.1 Å². The summed E-state index contributed by atoms with van der Waals surface area (Å²) in [6.45, 7) is 3.83. The second-order valence-electron chi connectivity index (χ2n) is 7.34. The predicted octanol–water partition coefficient (Wildman–Crippen LogP) is 3.51. The van der Waals surface area contributed by atoms with Crippen LogP contribution in [0.4, 0.5) is 0 Å². The first kappa shape index (κ1) is 19.3. The van der Waals surface area contributed by atoms with Gasteiger partial charge >= 0.3 is 0 Å². The van der Waals surface area contributed by atoms with Crippen molar-refractivity contribution in [1.82, 2.24) is 4.90 Å². The maximum Gasteiger partial charge on any atom is 0.227 e. The molecule has 0 radical (unpaired) electrons. The second-order valence-corrected chi connectivity index (χ2v) is 7.34. The van der Waals surface area contributed by atoms with Crippen LogP contribution in [-0.2, 0) is 24.1 Å². The minimum absolute atomic E-state index is 0. The lowest BCUT2D eigenvalue weighted by atomic mass is 9.87. The van der Waals surface area contributed by atoms with Crippen LogP contribution in [0.2, 0.25) is 0 Å². The smallest absolute Gasteiger partial charge is 0.227 e. The van der Waals surface area contributed by atoms with E-state index in [0.29, 0.717) is 24.9 Å². The number of nitrogens with two attached hydrogens (primary N) is 1. The van der Waals surface area contributed by atoms with E-state index in [1.807, 2.05) is 0 Å². The number of piperidine rings is 1. The molecule has 24 heavy (non-hydrogen) atoms. The molecule has 2 aliphatic rings. The molecule has 1 aromatic rings. The highest BCUT2D eigenvalue weighted by molar-refractivity contribution is 5.85. The van der Waals surface area contributed by atoms with Gasteiger partial charge in [-0.15, -0.1) is 12.4 Å². The maximum absolute atomic E-state index is 12.9. The van der Waals surface area contributed by atoms with Crippen LogP contribution in [0.1, 0.15) is 55.7 Å². The number of hydrogen-bond donors (Lipinski definition) is 1. The van der Waals surface area contributed by atoms with Crippen LogP contribution in [0.15, 0.2) is 18.2 Å². The summed E-state index contributed by atoms with van der Waals surface area (Å²) in [6, 6.07) is 7.01. The average Bonchev–Trinajstić information content (AvgIpc) is 2.56. The van der Waals surface area contributed by atoms with Gasteiger partial charge in [-0.1, -0.05) is 25.1 Å². The Hall–Kier alpha value is -1.06. The highest BCUT2D eigenvalue weighted by Gasteiger charge is 2.31. The third-order valence-electron chi connectivity index (χ3n) is 5.67. The van der Waals surface area contributed by atoms with E-state index in [0.717, 1.165) is 19.4 Å². The molecule has 0 spiro atoms. The standard InChI is InChI=1S/C20H30N2O.ClH/c1-15-5-4-12-22(19(15)10-11-21)20(23)14-16-8-9-17-6-2-3-7-18(17)13-16;/h8-9,13,15,19H,2-7,10-12,14,21H2,1H3;1H. The summed E-state index contributed by atoms with van der Waals surface area (Å²) >= 11 is 0. The highest BCUT2D eigenvalue weighted by atomic mass is 35.5. The zero-order chi connectivity index (χ0) is 16.2. The number of nitrogens with zero attached hydrogens (tertiary/aromatic N) is 1. The molecule has 2 N–H and O–H groups in total. The lowest BCUT2D eigenvalue weighted by molar-refractivity contribution is -0.135. The zero-order valence-corrected chi connectivity index (χ0v) is 15.6. The summed E-state index contributed by atoms with van der Waals surface area (Å²) in [5.74, 6) is 0.852. The monoisotopic (exact) mass is 350 g/mol. The van der Waals surface area contributed by atoms with Crippen molar-refractivity contribution in [2.75, 3.05) is 13.1 Å². The third-order valence-corrected chi connectivity index (χ3v) is 5.67. The maximum atomic E-state index is 12.9. The molecular weight excluding hydrogens is 320 g/mol. The molecule has 3 rings (SSSR count). The molecule has 1 saturated heterocycles. The number of hydrogen-bond acceptors (Lipinski definition) is 2. The van der Waals surface area contributed by atoms with Crippen LogP contribution >= 0.6 is 12.4 Å². The number of likely N-dealkylation sites (tertiary alicyclic amines) is 1. The lowest BCUT2D eigenvalue weighted by Gasteiger charge is -2.40. The fourth-order valence-corrected chi connectivity index (χ4v) is 4.34. The van der Waals surface area contributed by atoms with E-state index in [-0.39, 0.29) is 18.3 Å². The normalized spacial score (nSPS) is 23.3. The van der Waals surface area contributed by atoms with Gasteiger partial charge in [-0.2, -0.15) is 0 Å². The SMILES string of the molecule is CC1CCCN(C(=O)Cc2ccc3c(c2)CCCC3)C1CCN.Cl. The number of benzene rings is 1. The quantitative estimate of drug-likeness (QED) is 0.903. The Labute approximate surface area is 152 Å². The molecule has 0 bridgehead atoms. The molecule has 2 atom stereocenters. The summed E-state index contributed by atoms with van der Waals surface area (Å²) in [7, 11) is 0. The first-order valence-corrected chi connectivity index (χ1v) is 9.29. The Morgan fingerprint density at radius 3 is 2.71 bits per heavy atom. The Bertz CT molecular complexity index is 561. The van der Waals surface area contributed by atoms with Gasteiger partial charge in [0.15, 0.2) is 0 Å². The van der Waals surface area contributed by atoms with Crippen molar-refractivity contribution < 1.29 is 4.79 Å². The van der Waals surface area contributed by atoms with Crippen LogP contribution in [-0.4, -0.2) is 29.9 Å². The number of amides is 1. The van der Waals surface area contributed by atoms with Crippen LogP contribution in [0.5, 0.6) is 0 Å². The highest BCUT2D eigenvalue weighted by Crippen LogP contribution is 2.27. The zero-order valence-electron chi connectivity index (χ0n) is 14.8. The predicted molar refractivity (Wildman–Crippen MR) is 102 cm³/mol. The van der Waals surface area contributed by atoms with Crippen molar-refractivity contribution in [3.8, 4) is 0 Å². The molecule has 1 aromatic carbocycles. The molecular formula is C20H31ClN2O. The van der Waals surface area contributed by atoms with E-state index in [9.17, 15) is 4.79 Å². The average molecular weight is 351 g/mol. The Balaban J connectivity index is 0.00000208. The Kier molecular flexibility index (Phi) is 7.12. The van der Waals surface area contributed by atoms with Gasteiger partial charge in [0.2, 0.25) is 5.91 Å². The summed E-state index contributed by atoms with van der Waals surface area (Å²) in [5.41, 5.74) is 9.91. The van der Waals surface area contributed by atoms with Crippen molar-refractivity contribution in [2.24, 2.45) is 11.7 Å². The second kappa shape index (κ2) is 8.87. The molecule has 2 unspecified atom stereocenters. The fourth-order valence-electron chi connectivity index (χ4n) is 4.34. The van der Waals surface area contributed by atoms with Crippen molar-refractivity contribution in [1.29, 1.82) is 0 Å². The number of fused-ring (bicyclic) bond motifs is 1.